The number of carboxylic acids is 1. The van der Waals surface area contributed by atoms with E-state index in [0.717, 1.165) is 29.6 Å². The number of carbonyl (C=O) groups excluding carboxylic acids is 1. The number of rotatable bonds is 6. The zero-order chi connectivity index (χ0) is 24.9. The molecule has 35 heavy (non-hydrogen) atoms. The lowest BCUT2D eigenvalue weighted by atomic mass is 9.93. The van der Waals surface area contributed by atoms with Gasteiger partial charge in [-0.1, -0.05) is 23.2 Å². The van der Waals surface area contributed by atoms with Crippen LogP contribution in [0.3, 0.4) is 0 Å². The second-order valence-corrected chi connectivity index (χ2v) is 10.6. The molecule has 1 N–H and O–H groups in total. The smallest absolute Gasteiger partial charge is 0.303 e. The van der Waals surface area contributed by atoms with Gasteiger partial charge in [0.1, 0.15) is 5.82 Å². The Bertz CT molecular complexity index is 1320. The van der Waals surface area contributed by atoms with Crippen molar-refractivity contribution in [1.82, 2.24) is 9.47 Å². The Morgan fingerprint density at radius 2 is 1.80 bits per heavy atom. The summed E-state index contributed by atoms with van der Waals surface area (Å²) in [4.78, 5) is 26.0. The summed E-state index contributed by atoms with van der Waals surface area (Å²) in [6.07, 6.45) is 4.00. The molecule has 0 bridgehead atoms. The maximum Gasteiger partial charge on any atom is 0.303 e. The van der Waals surface area contributed by atoms with Gasteiger partial charge < -0.3 is 14.6 Å². The van der Waals surface area contributed by atoms with E-state index in [-0.39, 0.29) is 24.1 Å². The minimum absolute atomic E-state index is 0.0834. The van der Waals surface area contributed by atoms with Crippen molar-refractivity contribution in [2.45, 2.75) is 44.4 Å². The second kappa shape index (κ2) is 9.47. The zero-order valence-corrected chi connectivity index (χ0v) is 21.0. The standard InChI is InChI=1S/C27H27Cl2FN2O3/c1-31-18(14-21-23(30)11-17(12-24(21)31)16-2-3-16)13-20-22(28)5-4-19(26(20)29)27(35)32-8-6-15(7-9-32)10-25(33)34/h4-5,11-12,14-16H,2-3,6-10,13H2,1H3,(H,33,34). The van der Waals surface area contributed by atoms with Gasteiger partial charge in [-0.05, 0) is 79.0 Å². The van der Waals surface area contributed by atoms with Crippen molar-refractivity contribution in [2.24, 2.45) is 13.0 Å². The Kier molecular flexibility index (Phi) is 6.53. The molecule has 5 rings (SSSR count). The molecule has 0 unspecified atom stereocenters. The topological polar surface area (TPSA) is 62.5 Å². The molecule has 1 saturated carbocycles. The van der Waals surface area contributed by atoms with Gasteiger partial charge in [0.25, 0.3) is 5.91 Å². The number of hydrogen-bond donors (Lipinski definition) is 1. The molecule has 0 spiro atoms. The third-order valence-electron chi connectivity index (χ3n) is 7.42. The molecule has 1 aliphatic carbocycles. The second-order valence-electron chi connectivity index (χ2n) is 9.80. The summed E-state index contributed by atoms with van der Waals surface area (Å²) in [6.45, 7) is 0.994. The Morgan fingerprint density at radius 1 is 1.09 bits per heavy atom. The summed E-state index contributed by atoms with van der Waals surface area (Å²) in [5, 5.41) is 10.3. The van der Waals surface area contributed by atoms with Crippen LogP contribution in [0.1, 0.15) is 65.2 Å². The maximum atomic E-state index is 14.9. The maximum absolute atomic E-state index is 14.9. The van der Waals surface area contributed by atoms with Crippen molar-refractivity contribution >= 4 is 46.0 Å². The first-order chi connectivity index (χ1) is 16.7. The summed E-state index contributed by atoms with van der Waals surface area (Å²) < 4.78 is 16.8. The number of hydrogen-bond acceptors (Lipinski definition) is 2. The molecule has 184 valence electrons. The van der Waals surface area contributed by atoms with E-state index < -0.39 is 5.97 Å². The lowest BCUT2D eigenvalue weighted by molar-refractivity contribution is -0.138. The monoisotopic (exact) mass is 516 g/mol. The molecular weight excluding hydrogens is 490 g/mol. The highest BCUT2D eigenvalue weighted by Gasteiger charge is 2.28. The molecule has 8 heteroatoms. The van der Waals surface area contributed by atoms with E-state index in [4.69, 9.17) is 28.3 Å². The lowest BCUT2D eigenvalue weighted by Gasteiger charge is -2.31. The zero-order valence-electron chi connectivity index (χ0n) is 19.5. The number of amides is 1. The van der Waals surface area contributed by atoms with Crippen molar-refractivity contribution in [3.8, 4) is 0 Å². The number of benzene rings is 2. The molecule has 2 fully saturated rings. The molecule has 2 aromatic carbocycles. The number of aromatic nitrogens is 1. The van der Waals surface area contributed by atoms with Crippen LogP contribution in [-0.4, -0.2) is 39.5 Å². The van der Waals surface area contributed by atoms with Gasteiger partial charge in [0, 0.05) is 49.1 Å². The highest BCUT2D eigenvalue weighted by molar-refractivity contribution is 6.38. The molecule has 0 radical (unpaired) electrons. The molecule has 1 saturated heterocycles. The van der Waals surface area contributed by atoms with E-state index in [1.807, 2.05) is 17.7 Å². The minimum Gasteiger partial charge on any atom is -0.481 e. The summed E-state index contributed by atoms with van der Waals surface area (Å²) in [7, 11) is 1.91. The summed E-state index contributed by atoms with van der Waals surface area (Å²) in [6, 6.07) is 8.86. The van der Waals surface area contributed by atoms with E-state index in [2.05, 4.69) is 6.07 Å². The Hall–Kier alpha value is -2.57. The number of carboxylic acid groups (broad SMARTS) is 1. The summed E-state index contributed by atoms with van der Waals surface area (Å²) in [5.41, 5.74) is 3.75. The molecule has 1 aliphatic heterocycles. The number of carbonyl (C=O) groups is 2. The van der Waals surface area contributed by atoms with Crippen LogP contribution in [0.4, 0.5) is 4.39 Å². The fourth-order valence-corrected chi connectivity index (χ4v) is 5.73. The van der Waals surface area contributed by atoms with Crippen LogP contribution >= 0.6 is 23.2 Å². The van der Waals surface area contributed by atoms with Gasteiger partial charge in [0.2, 0.25) is 0 Å². The van der Waals surface area contributed by atoms with Crippen molar-refractivity contribution in [3.63, 3.8) is 0 Å². The SMILES string of the molecule is Cn1c(Cc2c(Cl)ccc(C(=O)N3CCC(CC(=O)O)CC3)c2Cl)cc2c(F)cc(C3CC3)cc21. The third kappa shape index (κ3) is 4.78. The van der Waals surface area contributed by atoms with Gasteiger partial charge in [-0.25, -0.2) is 4.39 Å². The van der Waals surface area contributed by atoms with Gasteiger partial charge >= 0.3 is 5.97 Å². The predicted molar refractivity (Wildman–Crippen MR) is 135 cm³/mol. The summed E-state index contributed by atoms with van der Waals surface area (Å²) in [5.74, 6) is -0.678. The van der Waals surface area contributed by atoms with Crippen LogP contribution in [0.25, 0.3) is 10.9 Å². The van der Waals surface area contributed by atoms with Crippen LogP contribution in [-0.2, 0) is 18.3 Å². The Labute approximate surface area is 213 Å². The van der Waals surface area contributed by atoms with Gasteiger partial charge in [0.15, 0.2) is 0 Å². The van der Waals surface area contributed by atoms with E-state index >= 15 is 0 Å². The van der Waals surface area contributed by atoms with E-state index in [0.29, 0.717) is 64.8 Å². The van der Waals surface area contributed by atoms with Crippen LogP contribution < -0.4 is 0 Å². The number of nitrogens with zero attached hydrogens (tertiary/aromatic N) is 2. The highest BCUT2D eigenvalue weighted by atomic mass is 35.5. The predicted octanol–water partition coefficient (Wildman–Crippen LogP) is 6.42. The van der Waals surface area contributed by atoms with Gasteiger partial charge in [-0.15, -0.1) is 0 Å². The average Bonchev–Trinajstić information content (AvgIpc) is 3.62. The largest absolute Gasteiger partial charge is 0.481 e. The Morgan fingerprint density at radius 3 is 2.46 bits per heavy atom. The minimum atomic E-state index is -0.808. The fourth-order valence-electron chi connectivity index (χ4n) is 5.15. The molecular formula is C27H27Cl2FN2O3. The molecule has 1 aromatic heterocycles. The number of likely N-dealkylation sites (tertiary alicyclic amines) is 1. The average molecular weight is 517 g/mol. The van der Waals surface area contributed by atoms with Crippen LogP contribution in [0.5, 0.6) is 0 Å². The lowest BCUT2D eigenvalue weighted by Crippen LogP contribution is -2.39. The quantitative estimate of drug-likeness (QED) is 0.411. The van der Waals surface area contributed by atoms with Crippen molar-refractivity contribution in [2.75, 3.05) is 13.1 Å². The molecule has 2 aliphatic rings. The molecule has 1 amide bonds. The number of fused-ring (bicyclic) bond motifs is 1. The molecule has 2 heterocycles. The normalized spacial score (nSPS) is 16.7. The van der Waals surface area contributed by atoms with Crippen LogP contribution in [0, 0.1) is 11.7 Å². The third-order valence-corrected chi connectivity index (χ3v) is 8.21. The van der Waals surface area contributed by atoms with Crippen molar-refractivity contribution < 1.29 is 19.1 Å². The van der Waals surface area contributed by atoms with Gasteiger partial charge in [-0.2, -0.15) is 0 Å². The number of halogens is 3. The Balaban J connectivity index is 1.40. The van der Waals surface area contributed by atoms with Crippen LogP contribution in [0.2, 0.25) is 10.0 Å². The van der Waals surface area contributed by atoms with Gasteiger partial charge in [0.05, 0.1) is 16.1 Å². The van der Waals surface area contributed by atoms with Crippen molar-refractivity contribution in [3.05, 3.63) is 68.6 Å². The van der Waals surface area contributed by atoms with Gasteiger partial charge in [-0.3, -0.25) is 9.59 Å². The molecule has 5 nitrogen and oxygen atoms in total. The number of piperidine rings is 1. The van der Waals surface area contributed by atoms with E-state index in [9.17, 15) is 14.0 Å². The first kappa shape index (κ1) is 24.1. The van der Waals surface area contributed by atoms with Crippen LogP contribution in [0.15, 0.2) is 30.3 Å². The van der Waals surface area contributed by atoms with E-state index in [1.165, 1.54) is 0 Å². The summed E-state index contributed by atoms with van der Waals surface area (Å²) >= 11 is 13.3. The molecule has 3 aromatic rings. The first-order valence-electron chi connectivity index (χ1n) is 12.0. The highest BCUT2D eigenvalue weighted by Crippen LogP contribution is 2.42. The first-order valence-corrected chi connectivity index (χ1v) is 12.7. The fraction of sp³-hybridized carbons (Fsp3) is 0.407. The van der Waals surface area contributed by atoms with Crippen molar-refractivity contribution in [1.29, 1.82) is 0 Å². The number of aliphatic carboxylic acids is 1. The molecule has 0 atom stereocenters. The number of aryl methyl sites for hydroxylation is 1. The van der Waals surface area contributed by atoms with E-state index in [1.54, 1.807) is 23.1 Å².